The summed E-state index contributed by atoms with van der Waals surface area (Å²) < 4.78 is 38.0. The number of nitrogens with zero attached hydrogens (tertiary/aromatic N) is 2. The van der Waals surface area contributed by atoms with Crippen molar-refractivity contribution < 1.29 is 18.0 Å². The number of halogens is 3. The van der Waals surface area contributed by atoms with E-state index < -0.39 is 5.51 Å². The maximum absolute atomic E-state index is 12.2. The van der Waals surface area contributed by atoms with Crippen LogP contribution in [0, 0.1) is 0 Å². The highest BCUT2D eigenvalue weighted by atomic mass is 32.2. The van der Waals surface area contributed by atoms with Crippen molar-refractivity contribution in [3.05, 3.63) is 48.0 Å². The van der Waals surface area contributed by atoms with Crippen LogP contribution in [0.2, 0.25) is 0 Å². The molecule has 0 saturated heterocycles. The van der Waals surface area contributed by atoms with Crippen molar-refractivity contribution >= 4 is 17.5 Å². The predicted molar refractivity (Wildman–Crippen MR) is 65.0 cm³/mol. The summed E-state index contributed by atoms with van der Waals surface area (Å²) in [5.41, 5.74) is -3.61. The van der Waals surface area contributed by atoms with Crippen LogP contribution in [-0.2, 0) is 7.05 Å². The molecule has 2 aromatic rings. The number of benzene rings is 1. The molecule has 0 saturated carbocycles. The first-order valence-electron chi connectivity index (χ1n) is 5.23. The minimum Gasteiger partial charge on any atom is -0.331 e. The van der Waals surface area contributed by atoms with Gasteiger partial charge in [-0.1, -0.05) is 0 Å². The van der Waals surface area contributed by atoms with E-state index in [9.17, 15) is 18.0 Å². The van der Waals surface area contributed by atoms with E-state index in [2.05, 4.69) is 4.98 Å². The fraction of sp³-hybridized carbons (Fsp3) is 0.167. The van der Waals surface area contributed by atoms with Gasteiger partial charge in [-0.05, 0) is 36.0 Å². The highest BCUT2D eigenvalue weighted by molar-refractivity contribution is 8.00. The van der Waals surface area contributed by atoms with Crippen molar-refractivity contribution in [3.63, 3.8) is 0 Å². The Bertz CT molecular complexity index is 590. The third-order valence-electron chi connectivity index (χ3n) is 2.40. The van der Waals surface area contributed by atoms with Gasteiger partial charge in [0.15, 0.2) is 0 Å². The van der Waals surface area contributed by atoms with Crippen LogP contribution in [0.3, 0.4) is 0 Å². The van der Waals surface area contributed by atoms with Crippen molar-refractivity contribution in [1.82, 2.24) is 9.55 Å². The number of alkyl halides is 3. The van der Waals surface area contributed by atoms with Crippen LogP contribution in [0.4, 0.5) is 13.2 Å². The van der Waals surface area contributed by atoms with Crippen molar-refractivity contribution in [3.8, 4) is 0 Å². The van der Waals surface area contributed by atoms with Gasteiger partial charge in [0.25, 0.3) is 0 Å². The molecule has 0 amide bonds. The SMILES string of the molecule is Cn1cncc1C(=O)c1ccc(SC(F)(F)F)cc1. The van der Waals surface area contributed by atoms with E-state index >= 15 is 0 Å². The van der Waals surface area contributed by atoms with Gasteiger partial charge in [-0.3, -0.25) is 4.79 Å². The van der Waals surface area contributed by atoms with E-state index in [-0.39, 0.29) is 22.4 Å². The lowest BCUT2D eigenvalue weighted by molar-refractivity contribution is -0.0328. The molecular weight excluding hydrogens is 277 g/mol. The molecule has 7 heteroatoms. The van der Waals surface area contributed by atoms with Crippen LogP contribution >= 0.6 is 11.8 Å². The van der Waals surface area contributed by atoms with E-state index in [1.165, 1.54) is 36.8 Å². The number of imidazole rings is 1. The molecule has 1 aromatic carbocycles. The Kier molecular flexibility index (Phi) is 3.66. The summed E-state index contributed by atoms with van der Waals surface area (Å²) in [5.74, 6) is -0.274. The average molecular weight is 286 g/mol. The standard InChI is InChI=1S/C12H9F3N2OS/c1-17-7-16-6-10(17)11(18)8-2-4-9(5-3-8)19-12(13,14)15/h2-7H,1H3. The predicted octanol–water partition coefficient (Wildman–Crippen LogP) is 3.26. The first-order chi connectivity index (χ1) is 8.87. The largest absolute Gasteiger partial charge is 0.446 e. The normalized spacial score (nSPS) is 11.6. The summed E-state index contributed by atoms with van der Waals surface area (Å²) in [6, 6.07) is 5.32. The molecule has 0 aliphatic heterocycles. The molecule has 1 heterocycles. The lowest BCUT2D eigenvalue weighted by Gasteiger charge is -2.06. The highest BCUT2D eigenvalue weighted by Crippen LogP contribution is 2.36. The number of carbonyl (C=O) groups is 1. The van der Waals surface area contributed by atoms with Gasteiger partial charge < -0.3 is 4.57 Å². The molecule has 0 atom stereocenters. The Hall–Kier alpha value is -1.76. The van der Waals surface area contributed by atoms with Crippen molar-refractivity contribution in [1.29, 1.82) is 0 Å². The van der Waals surface area contributed by atoms with Crippen molar-refractivity contribution in [2.24, 2.45) is 7.05 Å². The minimum absolute atomic E-state index is 0.0501. The van der Waals surface area contributed by atoms with Gasteiger partial charge in [0, 0.05) is 17.5 Å². The van der Waals surface area contributed by atoms with Gasteiger partial charge in [-0.15, -0.1) is 0 Å². The smallest absolute Gasteiger partial charge is 0.331 e. The molecule has 0 unspecified atom stereocenters. The Balaban J connectivity index is 2.19. The van der Waals surface area contributed by atoms with Crippen LogP contribution in [0.25, 0.3) is 0 Å². The topological polar surface area (TPSA) is 34.9 Å². The monoisotopic (exact) mass is 286 g/mol. The number of thioether (sulfide) groups is 1. The first kappa shape index (κ1) is 13.7. The lowest BCUT2D eigenvalue weighted by atomic mass is 10.1. The fourth-order valence-corrected chi connectivity index (χ4v) is 2.07. The van der Waals surface area contributed by atoms with Crippen molar-refractivity contribution in [2.75, 3.05) is 0 Å². The number of ketones is 1. The molecule has 100 valence electrons. The molecule has 19 heavy (non-hydrogen) atoms. The third-order valence-corrected chi connectivity index (χ3v) is 3.14. The molecule has 0 N–H and O–H groups in total. The molecule has 0 aliphatic rings. The summed E-state index contributed by atoms with van der Waals surface area (Å²) in [6.07, 6.45) is 2.90. The van der Waals surface area contributed by atoms with E-state index in [4.69, 9.17) is 0 Å². The molecule has 0 radical (unpaired) electrons. The number of rotatable bonds is 3. The fourth-order valence-electron chi connectivity index (χ4n) is 1.53. The zero-order valence-corrected chi connectivity index (χ0v) is 10.6. The number of aromatic nitrogens is 2. The third kappa shape index (κ3) is 3.37. The van der Waals surface area contributed by atoms with Gasteiger partial charge in [0.1, 0.15) is 5.69 Å². The Morgan fingerprint density at radius 1 is 1.26 bits per heavy atom. The van der Waals surface area contributed by atoms with Crippen LogP contribution in [0.15, 0.2) is 41.7 Å². The Labute approximate surface area is 111 Å². The quantitative estimate of drug-likeness (QED) is 0.641. The highest BCUT2D eigenvalue weighted by Gasteiger charge is 2.29. The maximum atomic E-state index is 12.2. The van der Waals surface area contributed by atoms with Crippen LogP contribution < -0.4 is 0 Å². The second kappa shape index (κ2) is 5.08. The minimum atomic E-state index is -4.33. The summed E-state index contributed by atoms with van der Waals surface area (Å²) in [7, 11) is 1.67. The number of aryl methyl sites for hydroxylation is 1. The lowest BCUT2D eigenvalue weighted by Crippen LogP contribution is -2.06. The molecule has 3 nitrogen and oxygen atoms in total. The van der Waals surface area contributed by atoms with Gasteiger partial charge in [0.2, 0.25) is 5.78 Å². The molecule has 1 aromatic heterocycles. The number of hydrogen-bond donors (Lipinski definition) is 0. The van der Waals surface area contributed by atoms with Gasteiger partial charge in [-0.2, -0.15) is 13.2 Å². The Morgan fingerprint density at radius 2 is 1.89 bits per heavy atom. The molecular formula is C12H9F3N2OS. The second-order valence-corrected chi connectivity index (χ2v) is 4.93. The van der Waals surface area contributed by atoms with Crippen LogP contribution in [0.1, 0.15) is 16.1 Å². The number of carbonyl (C=O) groups excluding carboxylic acids is 1. The first-order valence-corrected chi connectivity index (χ1v) is 6.05. The molecule has 0 spiro atoms. The molecule has 0 bridgehead atoms. The average Bonchev–Trinajstić information content (AvgIpc) is 2.73. The molecule has 0 fully saturated rings. The van der Waals surface area contributed by atoms with Crippen molar-refractivity contribution in [2.45, 2.75) is 10.4 Å². The zero-order valence-electron chi connectivity index (χ0n) is 9.81. The summed E-state index contributed by atoms with van der Waals surface area (Å²) in [5, 5.41) is 0. The van der Waals surface area contributed by atoms with Crippen LogP contribution in [0.5, 0.6) is 0 Å². The molecule has 0 aliphatic carbocycles. The van der Waals surface area contributed by atoms with Crippen LogP contribution in [-0.4, -0.2) is 20.8 Å². The summed E-state index contributed by atoms with van der Waals surface area (Å²) >= 11 is -0.207. The Morgan fingerprint density at radius 3 is 2.37 bits per heavy atom. The van der Waals surface area contributed by atoms with Gasteiger partial charge in [0.05, 0.1) is 12.5 Å². The number of hydrogen-bond acceptors (Lipinski definition) is 3. The van der Waals surface area contributed by atoms with E-state index in [0.29, 0.717) is 11.3 Å². The summed E-state index contributed by atoms with van der Waals surface area (Å²) in [6.45, 7) is 0. The zero-order chi connectivity index (χ0) is 14.0. The van der Waals surface area contributed by atoms with Gasteiger partial charge >= 0.3 is 5.51 Å². The van der Waals surface area contributed by atoms with E-state index in [1.54, 1.807) is 11.6 Å². The second-order valence-electron chi connectivity index (χ2n) is 3.79. The van der Waals surface area contributed by atoms with Gasteiger partial charge in [-0.25, -0.2) is 4.98 Å². The summed E-state index contributed by atoms with van der Waals surface area (Å²) in [4.78, 5) is 15.9. The van der Waals surface area contributed by atoms with E-state index in [0.717, 1.165) is 0 Å². The maximum Gasteiger partial charge on any atom is 0.446 e. The van der Waals surface area contributed by atoms with E-state index in [1.807, 2.05) is 0 Å². The molecule has 2 rings (SSSR count).